The van der Waals surface area contributed by atoms with Gasteiger partial charge >= 0.3 is 6.18 Å². The van der Waals surface area contributed by atoms with Crippen molar-refractivity contribution < 1.29 is 22.3 Å². The quantitative estimate of drug-likeness (QED) is 0.767. The number of ether oxygens (including phenoxy) is 1. The van der Waals surface area contributed by atoms with Crippen molar-refractivity contribution in [2.45, 2.75) is 25.1 Å². The largest absolute Gasteiger partial charge is 0.496 e. The van der Waals surface area contributed by atoms with E-state index in [-0.39, 0.29) is 36.8 Å². The Morgan fingerprint density at radius 2 is 1.83 bits per heavy atom. The molecule has 1 heterocycles. The SMILES string of the molecule is COc1cccc(F)c1[C@@H](CCC(F)(F)F)N1CCNCC1.Cl.Cl. The van der Waals surface area contributed by atoms with Crippen molar-refractivity contribution in [2.75, 3.05) is 33.3 Å². The van der Waals surface area contributed by atoms with Crippen LogP contribution in [0.4, 0.5) is 17.6 Å². The molecule has 140 valence electrons. The molecule has 1 saturated heterocycles. The molecular weight excluding hydrogens is 371 g/mol. The molecule has 1 N–H and O–H groups in total. The molecule has 0 aromatic heterocycles. The van der Waals surface area contributed by atoms with Gasteiger partial charge in [-0.25, -0.2) is 4.39 Å². The zero-order chi connectivity index (χ0) is 16.2. The third kappa shape index (κ3) is 6.27. The van der Waals surface area contributed by atoms with Gasteiger partial charge in [-0.2, -0.15) is 13.2 Å². The molecular formula is C15H22Cl2F4N2O. The number of benzene rings is 1. The van der Waals surface area contributed by atoms with Gasteiger partial charge < -0.3 is 10.1 Å². The zero-order valence-electron chi connectivity index (χ0n) is 13.2. The topological polar surface area (TPSA) is 24.5 Å². The molecule has 3 nitrogen and oxygen atoms in total. The summed E-state index contributed by atoms with van der Waals surface area (Å²) in [5, 5.41) is 3.15. The van der Waals surface area contributed by atoms with Gasteiger partial charge in [0, 0.05) is 44.2 Å². The van der Waals surface area contributed by atoms with Crippen molar-refractivity contribution in [3.8, 4) is 5.75 Å². The van der Waals surface area contributed by atoms with E-state index in [1.54, 1.807) is 6.07 Å². The van der Waals surface area contributed by atoms with Gasteiger partial charge in [-0.1, -0.05) is 6.07 Å². The van der Waals surface area contributed by atoms with Crippen molar-refractivity contribution in [3.05, 3.63) is 29.6 Å². The summed E-state index contributed by atoms with van der Waals surface area (Å²) >= 11 is 0. The number of halogens is 6. The van der Waals surface area contributed by atoms with Gasteiger partial charge in [0.05, 0.1) is 7.11 Å². The molecule has 24 heavy (non-hydrogen) atoms. The van der Waals surface area contributed by atoms with Crippen LogP contribution < -0.4 is 10.1 Å². The van der Waals surface area contributed by atoms with E-state index in [0.717, 1.165) is 0 Å². The fraction of sp³-hybridized carbons (Fsp3) is 0.600. The number of nitrogens with zero attached hydrogens (tertiary/aromatic N) is 1. The zero-order valence-corrected chi connectivity index (χ0v) is 14.9. The van der Waals surface area contributed by atoms with Gasteiger partial charge in [0.2, 0.25) is 0 Å². The smallest absolute Gasteiger partial charge is 0.389 e. The van der Waals surface area contributed by atoms with Gasteiger partial charge in [0.1, 0.15) is 11.6 Å². The minimum absolute atomic E-state index is 0. The third-order valence-electron chi connectivity index (χ3n) is 3.86. The summed E-state index contributed by atoms with van der Waals surface area (Å²) in [7, 11) is 1.40. The van der Waals surface area contributed by atoms with E-state index in [2.05, 4.69) is 5.32 Å². The second-order valence-electron chi connectivity index (χ2n) is 5.31. The van der Waals surface area contributed by atoms with Gasteiger partial charge in [-0.05, 0) is 18.6 Å². The first kappa shape index (κ1) is 23.2. The molecule has 0 radical (unpaired) electrons. The highest BCUT2D eigenvalue weighted by atomic mass is 35.5. The molecule has 1 aliphatic heterocycles. The molecule has 0 unspecified atom stereocenters. The molecule has 0 saturated carbocycles. The third-order valence-corrected chi connectivity index (χ3v) is 3.86. The predicted octanol–water partition coefficient (Wildman–Crippen LogP) is 3.97. The molecule has 0 aliphatic carbocycles. The maximum absolute atomic E-state index is 14.3. The highest BCUT2D eigenvalue weighted by Gasteiger charge is 2.33. The lowest BCUT2D eigenvalue weighted by Gasteiger charge is -2.36. The molecule has 1 atom stereocenters. The van der Waals surface area contributed by atoms with Crippen LogP contribution in [0, 0.1) is 5.82 Å². The Labute approximate surface area is 151 Å². The average Bonchev–Trinajstić information content (AvgIpc) is 2.48. The monoisotopic (exact) mass is 392 g/mol. The van der Waals surface area contributed by atoms with Crippen LogP contribution in [0.2, 0.25) is 0 Å². The summed E-state index contributed by atoms with van der Waals surface area (Å²) in [6, 6.07) is 3.71. The van der Waals surface area contributed by atoms with E-state index in [9.17, 15) is 17.6 Å². The lowest BCUT2D eigenvalue weighted by molar-refractivity contribution is -0.138. The van der Waals surface area contributed by atoms with Crippen LogP contribution in [0.25, 0.3) is 0 Å². The van der Waals surface area contributed by atoms with Crippen molar-refractivity contribution in [2.24, 2.45) is 0 Å². The first-order valence-corrected chi connectivity index (χ1v) is 7.26. The summed E-state index contributed by atoms with van der Waals surface area (Å²) in [6.45, 7) is 2.53. The number of methoxy groups -OCH3 is 1. The molecule has 0 spiro atoms. The van der Waals surface area contributed by atoms with E-state index in [0.29, 0.717) is 31.9 Å². The summed E-state index contributed by atoms with van der Waals surface area (Å²) < 4.78 is 57.3. The van der Waals surface area contributed by atoms with Crippen molar-refractivity contribution in [3.63, 3.8) is 0 Å². The van der Waals surface area contributed by atoms with Gasteiger partial charge in [0.25, 0.3) is 0 Å². The maximum atomic E-state index is 14.3. The van der Waals surface area contributed by atoms with E-state index < -0.39 is 24.5 Å². The number of alkyl halides is 3. The Hall–Kier alpha value is -0.760. The molecule has 1 aromatic carbocycles. The second-order valence-corrected chi connectivity index (χ2v) is 5.31. The van der Waals surface area contributed by atoms with Crippen molar-refractivity contribution in [1.82, 2.24) is 10.2 Å². The number of rotatable bonds is 5. The first-order chi connectivity index (χ1) is 10.4. The molecule has 9 heteroatoms. The molecule has 0 amide bonds. The van der Waals surface area contributed by atoms with Crippen LogP contribution in [0.15, 0.2) is 18.2 Å². The Balaban J connectivity index is 0.00000264. The highest BCUT2D eigenvalue weighted by Crippen LogP contribution is 2.37. The number of hydrogen-bond acceptors (Lipinski definition) is 3. The Kier molecular flexibility index (Phi) is 9.96. The van der Waals surface area contributed by atoms with Gasteiger partial charge in [-0.15, -0.1) is 24.8 Å². The van der Waals surface area contributed by atoms with Crippen LogP contribution in [0.1, 0.15) is 24.4 Å². The van der Waals surface area contributed by atoms with Crippen LogP contribution in [0.3, 0.4) is 0 Å². The molecule has 1 fully saturated rings. The van der Waals surface area contributed by atoms with E-state index in [1.807, 2.05) is 4.90 Å². The number of nitrogens with one attached hydrogen (secondary N) is 1. The van der Waals surface area contributed by atoms with E-state index in [4.69, 9.17) is 4.74 Å². The second kappa shape index (κ2) is 10.3. The van der Waals surface area contributed by atoms with Gasteiger partial charge in [-0.3, -0.25) is 4.90 Å². The standard InChI is InChI=1S/C15H20F4N2O.2ClH/c1-22-13-4-2-3-11(16)14(13)12(5-6-15(17,18)19)21-9-7-20-8-10-21;;/h2-4,12,20H,5-10H2,1H3;2*1H/t12-;;/m1../s1. The first-order valence-electron chi connectivity index (χ1n) is 7.26. The normalized spacial score (nSPS) is 16.7. The summed E-state index contributed by atoms with van der Waals surface area (Å²) in [4.78, 5) is 1.89. The summed E-state index contributed by atoms with van der Waals surface area (Å²) in [6.07, 6.45) is -5.38. The lowest BCUT2D eigenvalue weighted by atomic mass is 9.97. The van der Waals surface area contributed by atoms with Crippen LogP contribution in [-0.4, -0.2) is 44.4 Å². The molecule has 2 rings (SSSR count). The Bertz CT molecular complexity index is 497. The average molecular weight is 393 g/mol. The summed E-state index contributed by atoms with van der Waals surface area (Å²) in [5.41, 5.74) is 0.219. The van der Waals surface area contributed by atoms with Crippen LogP contribution >= 0.6 is 24.8 Å². The lowest BCUT2D eigenvalue weighted by Crippen LogP contribution is -2.45. The van der Waals surface area contributed by atoms with Crippen LogP contribution in [0.5, 0.6) is 5.75 Å². The fourth-order valence-electron chi connectivity index (χ4n) is 2.82. The fourth-order valence-corrected chi connectivity index (χ4v) is 2.82. The molecule has 1 aromatic rings. The number of piperazine rings is 1. The van der Waals surface area contributed by atoms with Crippen LogP contribution in [-0.2, 0) is 0 Å². The molecule has 0 bridgehead atoms. The Morgan fingerprint density at radius 1 is 1.21 bits per heavy atom. The molecule has 1 aliphatic rings. The van der Waals surface area contributed by atoms with Crippen molar-refractivity contribution >= 4 is 24.8 Å². The minimum atomic E-state index is -4.26. The predicted molar refractivity (Wildman–Crippen MR) is 89.9 cm³/mol. The van der Waals surface area contributed by atoms with Gasteiger partial charge in [0.15, 0.2) is 0 Å². The Morgan fingerprint density at radius 3 is 2.38 bits per heavy atom. The number of hydrogen-bond donors (Lipinski definition) is 1. The highest BCUT2D eigenvalue weighted by molar-refractivity contribution is 5.85. The summed E-state index contributed by atoms with van der Waals surface area (Å²) in [5.74, 6) is -0.226. The minimum Gasteiger partial charge on any atom is -0.496 e. The van der Waals surface area contributed by atoms with Crippen molar-refractivity contribution in [1.29, 1.82) is 0 Å². The van der Waals surface area contributed by atoms with E-state index >= 15 is 0 Å². The maximum Gasteiger partial charge on any atom is 0.389 e. The van der Waals surface area contributed by atoms with E-state index in [1.165, 1.54) is 19.2 Å².